The van der Waals surface area contributed by atoms with E-state index in [0.29, 0.717) is 25.1 Å². The fourth-order valence-corrected chi connectivity index (χ4v) is 3.99. The number of nitrogens with one attached hydrogen (secondary N) is 1. The number of fused-ring (bicyclic) bond motifs is 1. The lowest BCUT2D eigenvalue weighted by molar-refractivity contribution is -0.131. The second kappa shape index (κ2) is 8.99. The minimum atomic E-state index is -0.0465. The Kier molecular flexibility index (Phi) is 5.98. The maximum atomic E-state index is 12.8. The molecule has 0 radical (unpaired) electrons. The van der Waals surface area contributed by atoms with E-state index in [0.717, 1.165) is 34.9 Å². The minimum Gasteiger partial charge on any atom is -0.497 e. The standard InChI is InChI=1S/C25H26N2O3/c1-30-21-11-9-18(10-12-21)17-24(28)27-15-13-20(14-16-27)26-25(29)23-8-4-6-19-5-2-3-7-22(19)23/h2-12,20H,13-17H2,1H3,(H,26,29). The molecule has 3 aromatic carbocycles. The molecule has 5 nitrogen and oxygen atoms in total. The summed E-state index contributed by atoms with van der Waals surface area (Å²) in [5.74, 6) is 0.864. The van der Waals surface area contributed by atoms with Crippen LogP contribution in [0.2, 0.25) is 0 Å². The van der Waals surface area contributed by atoms with Gasteiger partial charge in [0.05, 0.1) is 13.5 Å². The first kappa shape index (κ1) is 20.0. The molecule has 1 heterocycles. The molecule has 3 aromatic rings. The van der Waals surface area contributed by atoms with Crippen LogP contribution in [-0.2, 0) is 11.2 Å². The number of methoxy groups -OCH3 is 1. The number of hydrogen-bond donors (Lipinski definition) is 1. The zero-order valence-corrected chi connectivity index (χ0v) is 17.1. The third-order valence-electron chi connectivity index (χ3n) is 5.73. The molecule has 0 saturated carbocycles. The topological polar surface area (TPSA) is 58.6 Å². The minimum absolute atomic E-state index is 0.0465. The van der Waals surface area contributed by atoms with Crippen LogP contribution in [0.1, 0.15) is 28.8 Å². The van der Waals surface area contributed by atoms with Gasteiger partial charge in [-0.2, -0.15) is 0 Å². The summed E-state index contributed by atoms with van der Waals surface area (Å²) >= 11 is 0. The van der Waals surface area contributed by atoms with Gasteiger partial charge in [-0.3, -0.25) is 9.59 Å². The number of hydrogen-bond acceptors (Lipinski definition) is 3. The summed E-state index contributed by atoms with van der Waals surface area (Å²) in [5, 5.41) is 5.18. The predicted molar refractivity (Wildman–Crippen MR) is 118 cm³/mol. The second-order valence-electron chi connectivity index (χ2n) is 7.68. The Bertz CT molecular complexity index is 1030. The molecule has 1 aliphatic heterocycles. The van der Waals surface area contributed by atoms with Gasteiger partial charge in [-0.05, 0) is 47.4 Å². The Labute approximate surface area is 176 Å². The van der Waals surface area contributed by atoms with Crippen LogP contribution in [-0.4, -0.2) is 43.0 Å². The Morgan fingerprint density at radius 2 is 1.67 bits per heavy atom. The van der Waals surface area contributed by atoms with Crippen molar-refractivity contribution in [2.75, 3.05) is 20.2 Å². The van der Waals surface area contributed by atoms with Crippen molar-refractivity contribution in [2.45, 2.75) is 25.3 Å². The lowest BCUT2D eigenvalue weighted by Gasteiger charge is -2.32. The van der Waals surface area contributed by atoms with Gasteiger partial charge in [0.2, 0.25) is 5.91 Å². The number of piperidine rings is 1. The van der Waals surface area contributed by atoms with Crippen LogP contribution in [0.15, 0.2) is 66.7 Å². The molecule has 1 fully saturated rings. The summed E-state index contributed by atoms with van der Waals surface area (Å²) in [6, 6.07) is 21.4. The molecular formula is C25H26N2O3. The van der Waals surface area contributed by atoms with Crippen molar-refractivity contribution in [3.63, 3.8) is 0 Å². The molecule has 0 unspecified atom stereocenters. The summed E-state index contributed by atoms with van der Waals surface area (Å²) in [5.41, 5.74) is 1.68. The highest BCUT2D eigenvalue weighted by atomic mass is 16.5. The summed E-state index contributed by atoms with van der Waals surface area (Å²) in [6.45, 7) is 1.32. The van der Waals surface area contributed by atoms with Crippen LogP contribution < -0.4 is 10.1 Å². The molecule has 4 rings (SSSR count). The van der Waals surface area contributed by atoms with Crippen molar-refractivity contribution in [1.82, 2.24) is 10.2 Å². The summed E-state index contributed by atoms with van der Waals surface area (Å²) in [6.07, 6.45) is 1.92. The zero-order valence-electron chi connectivity index (χ0n) is 17.1. The third kappa shape index (κ3) is 4.46. The van der Waals surface area contributed by atoms with Crippen LogP contribution in [0.25, 0.3) is 10.8 Å². The number of amides is 2. The average molecular weight is 402 g/mol. The van der Waals surface area contributed by atoms with Crippen LogP contribution in [0.3, 0.4) is 0 Å². The van der Waals surface area contributed by atoms with E-state index in [-0.39, 0.29) is 17.9 Å². The molecule has 5 heteroatoms. The largest absolute Gasteiger partial charge is 0.497 e. The number of ether oxygens (including phenoxy) is 1. The van der Waals surface area contributed by atoms with Crippen LogP contribution >= 0.6 is 0 Å². The maximum Gasteiger partial charge on any atom is 0.252 e. The maximum absolute atomic E-state index is 12.8. The first-order chi connectivity index (χ1) is 14.6. The van der Waals surface area contributed by atoms with Crippen LogP contribution in [0, 0.1) is 0 Å². The Morgan fingerprint density at radius 1 is 0.967 bits per heavy atom. The van der Waals surface area contributed by atoms with Gasteiger partial charge in [0, 0.05) is 24.7 Å². The van der Waals surface area contributed by atoms with Gasteiger partial charge < -0.3 is 15.0 Å². The molecule has 154 valence electrons. The van der Waals surface area contributed by atoms with E-state index in [1.165, 1.54) is 0 Å². The molecule has 0 atom stereocenters. The first-order valence-electron chi connectivity index (χ1n) is 10.3. The molecule has 30 heavy (non-hydrogen) atoms. The first-order valence-corrected chi connectivity index (χ1v) is 10.3. The highest BCUT2D eigenvalue weighted by Gasteiger charge is 2.24. The van der Waals surface area contributed by atoms with Crippen molar-refractivity contribution in [3.05, 3.63) is 77.9 Å². The highest BCUT2D eigenvalue weighted by molar-refractivity contribution is 6.07. The smallest absolute Gasteiger partial charge is 0.252 e. The molecule has 0 spiro atoms. The van der Waals surface area contributed by atoms with E-state index in [2.05, 4.69) is 5.32 Å². The number of nitrogens with zero attached hydrogens (tertiary/aromatic N) is 1. The number of benzene rings is 3. The van der Waals surface area contributed by atoms with Crippen LogP contribution in [0.5, 0.6) is 5.75 Å². The van der Waals surface area contributed by atoms with Gasteiger partial charge in [0.25, 0.3) is 5.91 Å². The number of carbonyl (C=O) groups excluding carboxylic acids is 2. The molecule has 1 aliphatic rings. The highest BCUT2D eigenvalue weighted by Crippen LogP contribution is 2.20. The fourth-order valence-electron chi connectivity index (χ4n) is 3.99. The molecule has 0 bridgehead atoms. The van der Waals surface area contributed by atoms with Gasteiger partial charge in [-0.25, -0.2) is 0 Å². The van der Waals surface area contributed by atoms with E-state index < -0.39 is 0 Å². The van der Waals surface area contributed by atoms with E-state index in [9.17, 15) is 9.59 Å². The predicted octanol–water partition coefficient (Wildman–Crippen LogP) is 3.81. The van der Waals surface area contributed by atoms with Gasteiger partial charge >= 0.3 is 0 Å². The van der Waals surface area contributed by atoms with E-state index in [1.807, 2.05) is 71.6 Å². The van der Waals surface area contributed by atoms with Crippen molar-refractivity contribution in [2.24, 2.45) is 0 Å². The quantitative estimate of drug-likeness (QED) is 0.706. The summed E-state index contributed by atoms with van der Waals surface area (Å²) in [7, 11) is 1.63. The normalized spacial score (nSPS) is 14.5. The molecular weight excluding hydrogens is 376 g/mol. The molecule has 0 aromatic heterocycles. The fraction of sp³-hybridized carbons (Fsp3) is 0.280. The molecule has 1 saturated heterocycles. The van der Waals surface area contributed by atoms with E-state index >= 15 is 0 Å². The summed E-state index contributed by atoms with van der Waals surface area (Å²) < 4.78 is 5.16. The molecule has 0 aliphatic carbocycles. The third-order valence-corrected chi connectivity index (χ3v) is 5.73. The summed E-state index contributed by atoms with van der Waals surface area (Å²) in [4.78, 5) is 27.4. The Hall–Kier alpha value is -3.34. The average Bonchev–Trinajstić information content (AvgIpc) is 2.79. The monoisotopic (exact) mass is 402 g/mol. The van der Waals surface area contributed by atoms with E-state index in [1.54, 1.807) is 7.11 Å². The Morgan fingerprint density at radius 3 is 2.40 bits per heavy atom. The molecule has 2 amide bonds. The lowest BCUT2D eigenvalue weighted by Crippen LogP contribution is -2.47. The van der Waals surface area contributed by atoms with Gasteiger partial charge in [-0.1, -0.05) is 48.5 Å². The SMILES string of the molecule is COc1ccc(CC(=O)N2CCC(NC(=O)c3cccc4ccccc34)CC2)cc1. The van der Waals surface area contributed by atoms with Crippen molar-refractivity contribution in [3.8, 4) is 5.75 Å². The number of carbonyl (C=O) groups is 2. The second-order valence-corrected chi connectivity index (χ2v) is 7.68. The zero-order chi connectivity index (χ0) is 20.9. The Balaban J connectivity index is 1.31. The van der Waals surface area contributed by atoms with Crippen molar-refractivity contribution in [1.29, 1.82) is 0 Å². The molecule has 1 N–H and O–H groups in total. The van der Waals surface area contributed by atoms with Crippen LogP contribution in [0.4, 0.5) is 0 Å². The lowest BCUT2D eigenvalue weighted by atomic mass is 10.0. The van der Waals surface area contributed by atoms with Crippen molar-refractivity contribution >= 4 is 22.6 Å². The van der Waals surface area contributed by atoms with Crippen molar-refractivity contribution < 1.29 is 14.3 Å². The van der Waals surface area contributed by atoms with Gasteiger partial charge in [0.15, 0.2) is 0 Å². The number of rotatable bonds is 5. The van der Waals surface area contributed by atoms with Gasteiger partial charge in [0.1, 0.15) is 5.75 Å². The number of likely N-dealkylation sites (tertiary alicyclic amines) is 1. The van der Waals surface area contributed by atoms with E-state index in [4.69, 9.17) is 4.74 Å². The van der Waals surface area contributed by atoms with Gasteiger partial charge in [-0.15, -0.1) is 0 Å².